The van der Waals surface area contributed by atoms with Gasteiger partial charge in [-0.3, -0.25) is 4.90 Å². The highest BCUT2D eigenvalue weighted by molar-refractivity contribution is 7.99. The van der Waals surface area contributed by atoms with Crippen molar-refractivity contribution >= 4 is 31.5 Å². The first-order valence-corrected chi connectivity index (χ1v) is 12.9. The zero-order valence-electron chi connectivity index (χ0n) is 18.9. The minimum atomic E-state index is -2.44. The average molecular weight is 482 g/mol. The monoisotopic (exact) mass is 481 g/mol. The molecular weight excluding hydrogens is 453 g/mol. The van der Waals surface area contributed by atoms with E-state index < -0.39 is 8.60 Å². The van der Waals surface area contributed by atoms with E-state index in [2.05, 4.69) is 36.4 Å². The molecule has 0 saturated heterocycles. The molecule has 2 N–H and O–H groups in total. The highest BCUT2D eigenvalue weighted by Crippen LogP contribution is 2.43. The van der Waals surface area contributed by atoms with Crippen LogP contribution in [0.5, 0.6) is 11.5 Å². The van der Waals surface area contributed by atoms with Crippen LogP contribution in [0, 0.1) is 0 Å². The molecule has 1 heterocycles. The number of fused-ring (bicyclic) bond motifs is 1. The Hall–Kier alpha value is -2.34. The molecule has 0 spiro atoms. The normalized spacial score (nSPS) is 15.8. The topological polar surface area (TPSA) is 62.2 Å². The number of hydrogen-bond donors (Lipinski definition) is 2. The Bertz CT molecular complexity index is 1110. The van der Waals surface area contributed by atoms with Gasteiger partial charge in [0.15, 0.2) is 0 Å². The lowest BCUT2D eigenvalue weighted by Crippen LogP contribution is -2.30. The maximum absolute atomic E-state index is 9.17. The van der Waals surface area contributed by atoms with Gasteiger partial charge in [0.2, 0.25) is 0 Å². The molecule has 5 nitrogen and oxygen atoms in total. The van der Waals surface area contributed by atoms with E-state index in [-0.39, 0.29) is 6.23 Å². The molecule has 172 valence electrons. The molecule has 0 fully saturated rings. The standard InChI is InChI=1S/C26H28NO4PS/c1-18(27(2)3)30-21-12-8-19(9-13-21)26(20-10-14-22(15-11-20)31-32(28)29)24-16-17-33-25-7-5-4-6-23(24)25/h4-15,18,28-29H,16-17H2,1-3H3. The van der Waals surface area contributed by atoms with Crippen LogP contribution in [-0.2, 0) is 0 Å². The zero-order valence-corrected chi connectivity index (χ0v) is 20.6. The minimum absolute atomic E-state index is 0.0213. The van der Waals surface area contributed by atoms with E-state index in [4.69, 9.17) is 19.0 Å². The fourth-order valence-corrected chi connectivity index (χ4v) is 5.15. The van der Waals surface area contributed by atoms with Crippen molar-refractivity contribution in [3.05, 3.63) is 89.5 Å². The first-order valence-electron chi connectivity index (χ1n) is 10.8. The van der Waals surface area contributed by atoms with Gasteiger partial charge in [-0.15, -0.1) is 11.8 Å². The second-order valence-electron chi connectivity index (χ2n) is 8.02. The smallest absolute Gasteiger partial charge is 0.391 e. The highest BCUT2D eigenvalue weighted by atomic mass is 32.2. The number of rotatable bonds is 7. The van der Waals surface area contributed by atoms with Crippen molar-refractivity contribution in [2.75, 3.05) is 19.8 Å². The van der Waals surface area contributed by atoms with Gasteiger partial charge in [0.05, 0.1) is 0 Å². The summed E-state index contributed by atoms with van der Waals surface area (Å²) in [7, 11) is 1.54. The van der Waals surface area contributed by atoms with Crippen molar-refractivity contribution in [1.29, 1.82) is 0 Å². The third-order valence-corrected chi connectivity index (χ3v) is 7.08. The summed E-state index contributed by atoms with van der Waals surface area (Å²) >= 11 is 1.89. The molecular formula is C26H28NO4PS. The van der Waals surface area contributed by atoms with Crippen LogP contribution >= 0.6 is 20.4 Å². The minimum Gasteiger partial charge on any atom is -0.475 e. The average Bonchev–Trinajstić information content (AvgIpc) is 2.81. The molecule has 33 heavy (non-hydrogen) atoms. The molecule has 1 unspecified atom stereocenters. The van der Waals surface area contributed by atoms with E-state index in [1.165, 1.54) is 16.0 Å². The van der Waals surface area contributed by atoms with Crippen molar-refractivity contribution in [2.45, 2.75) is 24.5 Å². The molecule has 0 saturated carbocycles. The summed E-state index contributed by atoms with van der Waals surface area (Å²) < 4.78 is 11.1. The van der Waals surface area contributed by atoms with Crippen LogP contribution < -0.4 is 9.26 Å². The van der Waals surface area contributed by atoms with Gasteiger partial charge < -0.3 is 19.0 Å². The van der Waals surface area contributed by atoms with Gasteiger partial charge in [-0.1, -0.05) is 42.5 Å². The molecule has 7 heteroatoms. The largest absolute Gasteiger partial charge is 0.475 e. The van der Waals surface area contributed by atoms with Gasteiger partial charge >= 0.3 is 8.60 Å². The van der Waals surface area contributed by atoms with Crippen molar-refractivity contribution in [2.24, 2.45) is 0 Å². The molecule has 3 aromatic carbocycles. The molecule has 3 aromatic rings. The van der Waals surface area contributed by atoms with Gasteiger partial charge in [-0.2, -0.15) is 0 Å². The fourth-order valence-electron chi connectivity index (χ4n) is 3.79. The van der Waals surface area contributed by atoms with Crippen molar-refractivity contribution in [3.8, 4) is 11.5 Å². The molecule has 1 aliphatic heterocycles. The lowest BCUT2D eigenvalue weighted by molar-refractivity contribution is 0.0815. The first kappa shape index (κ1) is 23.8. The van der Waals surface area contributed by atoms with E-state index in [0.717, 1.165) is 34.6 Å². The summed E-state index contributed by atoms with van der Waals surface area (Å²) in [5, 5.41) is 0. The van der Waals surface area contributed by atoms with E-state index in [1.54, 1.807) is 12.1 Å². The Morgan fingerprint density at radius 1 is 0.909 bits per heavy atom. The van der Waals surface area contributed by atoms with E-state index in [9.17, 15) is 0 Å². The second-order valence-corrected chi connectivity index (χ2v) is 9.85. The van der Waals surface area contributed by atoms with Crippen LogP contribution in [-0.4, -0.2) is 40.8 Å². The van der Waals surface area contributed by atoms with Crippen LogP contribution in [0.1, 0.15) is 30.0 Å². The molecule has 0 amide bonds. The Balaban J connectivity index is 1.78. The quantitative estimate of drug-likeness (QED) is 0.318. The van der Waals surface area contributed by atoms with Crippen LogP contribution in [0.3, 0.4) is 0 Å². The Labute approximate surface area is 200 Å². The fraction of sp³-hybridized carbons (Fsp3) is 0.231. The summed E-state index contributed by atoms with van der Waals surface area (Å²) in [6.07, 6.45) is 0.941. The van der Waals surface area contributed by atoms with Crippen LogP contribution in [0.25, 0.3) is 11.1 Å². The lowest BCUT2D eigenvalue weighted by Gasteiger charge is -2.24. The van der Waals surface area contributed by atoms with Gasteiger partial charge in [0, 0.05) is 10.6 Å². The van der Waals surface area contributed by atoms with E-state index >= 15 is 0 Å². The first-order chi connectivity index (χ1) is 15.9. The Kier molecular flexibility index (Phi) is 7.74. The van der Waals surface area contributed by atoms with Crippen LogP contribution in [0.2, 0.25) is 0 Å². The maximum Gasteiger partial charge on any atom is 0.391 e. The molecule has 0 aliphatic carbocycles. The number of allylic oxidation sites excluding steroid dienone is 1. The van der Waals surface area contributed by atoms with Gasteiger partial charge in [-0.25, -0.2) is 0 Å². The predicted octanol–water partition coefficient (Wildman–Crippen LogP) is 6.02. The summed E-state index contributed by atoms with van der Waals surface area (Å²) in [6, 6.07) is 24.3. The molecule has 0 radical (unpaired) electrons. The zero-order chi connectivity index (χ0) is 23.4. The summed E-state index contributed by atoms with van der Waals surface area (Å²) in [6.45, 7) is 2.02. The number of benzene rings is 3. The van der Waals surface area contributed by atoms with Crippen LogP contribution in [0.4, 0.5) is 0 Å². The van der Waals surface area contributed by atoms with E-state index in [0.29, 0.717) is 5.75 Å². The molecule has 0 aromatic heterocycles. The lowest BCUT2D eigenvalue weighted by atomic mass is 9.88. The van der Waals surface area contributed by atoms with Crippen LogP contribution in [0.15, 0.2) is 77.7 Å². The highest BCUT2D eigenvalue weighted by Gasteiger charge is 2.20. The molecule has 1 aliphatic rings. The Morgan fingerprint density at radius 3 is 2.12 bits per heavy atom. The maximum atomic E-state index is 9.17. The molecule has 1 atom stereocenters. The number of nitrogens with zero attached hydrogens (tertiary/aromatic N) is 1. The summed E-state index contributed by atoms with van der Waals surface area (Å²) in [5.74, 6) is 2.28. The van der Waals surface area contributed by atoms with Gasteiger partial charge in [0.25, 0.3) is 0 Å². The van der Waals surface area contributed by atoms with Gasteiger partial charge in [-0.05, 0) is 85.6 Å². The third-order valence-electron chi connectivity index (χ3n) is 5.63. The van der Waals surface area contributed by atoms with Crippen molar-refractivity contribution < 1.29 is 19.0 Å². The summed E-state index contributed by atoms with van der Waals surface area (Å²) in [4.78, 5) is 21.7. The SMILES string of the molecule is CC(Oc1ccc(C(=C2CCSc3ccccc32)c2ccc(OP(O)O)cc2)cc1)N(C)C. The molecule has 0 bridgehead atoms. The van der Waals surface area contributed by atoms with Gasteiger partial charge in [0.1, 0.15) is 17.7 Å². The number of thioether (sulfide) groups is 1. The van der Waals surface area contributed by atoms with Crippen molar-refractivity contribution in [1.82, 2.24) is 4.90 Å². The third kappa shape index (κ3) is 5.78. The summed E-state index contributed by atoms with van der Waals surface area (Å²) in [5.41, 5.74) is 5.89. The predicted molar refractivity (Wildman–Crippen MR) is 136 cm³/mol. The second kappa shape index (κ2) is 10.7. The number of ether oxygens (including phenoxy) is 1. The Morgan fingerprint density at radius 2 is 1.52 bits per heavy atom. The molecule has 4 rings (SSSR count). The van der Waals surface area contributed by atoms with E-state index in [1.807, 2.05) is 61.9 Å². The number of hydrogen-bond acceptors (Lipinski definition) is 6. The van der Waals surface area contributed by atoms with Crippen molar-refractivity contribution in [3.63, 3.8) is 0 Å².